The third kappa shape index (κ3) is 1.29. The summed E-state index contributed by atoms with van der Waals surface area (Å²) in [6.07, 6.45) is 3.84. The van der Waals surface area contributed by atoms with Gasteiger partial charge in [-0.3, -0.25) is 4.68 Å². The Morgan fingerprint density at radius 1 is 1.64 bits per heavy atom. The fourth-order valence-corrected chi connectivity index (χ4v) is 2.04. The van der Waals surface area contributed by atoms with Gasteiger partial charge in [0.15, 0.2) is 0 Å². The molecule has 0 spiro atoms. The van der Waals surface area contributed by atoms with Crippen molar-refractivity contribution in [3.05, 3.63) is 12.4 Å². The zero-order valence-electron chi connectivity index (χ0n) is 8.70. The summed E-state index contributed by atoms with van der Waals surface area (Å²) in [6.45, 7) is 2.60. The van der Waals surface area contributed by atoms with Gasteiger partial charge in [-0.2, -0.15) is 5.10 Å². The number of nitrogens with zero attached hydrogens (tertiary/aromatic N) is 3. The summed E-state index contributed by atoms with van der Waals surface area (Å²) < 4.78 is 1.98. The van der Waals surface area contributed by atoms with Crippen LogP contribution in [-0.2, 0) is 5.54 Å². The lowest BCUT2D eigenvalue weighted by molar-refractivity contribution is 0.0303. The van der Waals surface area contributed by atoms with Gasteiger partial charge in [0, 0.05) is 32.9 Å². The highest BCUT2D eigenvalue weighted by Gasteiger charge is 2.42. The first-order chi connectivity index (χ1) is 6.70. The minimum absolute atomic E-state index is 0.0177. The second-order valence-electron chi connectivity index (χ2n) is 4.02. The van der Waals surface area contributed by atoms with Gasteiger partial charge in [-0.05, 0) is 7.05 Å². The highest BCUT2D eigenvalue weighted by atomic mass is 15.4. The molecule has 0 atom stereocenters. The van der Waals surface area contributed by atoms with E-state index in [2.05, 4.69) is 22.4 Å². The molecule has 78 valence electrons. The third-order valence-electron chi connectivity index (χ3n) is 2.87. The van der Waals surface area contributed by atoms with Crippen LogP contribution in [-0.4, -0.2) is 48.4 Å². The van der Waals surface area contributed by atoms with Crippen LogP contribution in [0.2, 0.25) is 0 Å². The van der Waals surface area contributed by atoms with Crippen molar-refractivity contribution in [2.75, 3.05) is 39.0 Å². The van der Waals surface area contributed by atoms with Gasteiger partial charge in [0.1, 0.15) is 5.54 Å². The van der Waals surface area contributed by atoms with Crippen LogP contribution >= 0.6 is 0 Å². The molecule has 0 unspecified atom stereocenters. The van der Waals surface area contributed by atoms with E-state index in [0.29, 0.717) is 6.54 Å². The Balaban J connectivity index is 2.20. The highest BCUT2D eigenvalue weighted by Crippen LogP contribution is 2.26. The van der Waals surface area contributed by atoms with E-state index >= 15 is 0 Å². The normalized spacial score (nSPS) is 20.5. The largest absolute Gasteiger partial charge is 0.386 e. The molecule has 0 amide bonds. The number of likely N-dealkylation sites (tertiary alicyclic amines) is 1. The van der Waals surface area contributed by atoms with E-state index in [-0.39, 0.29) is 5.54 Å². The summed E-state index contributed by atoms with van der Waals surface area (Å²) in [4.78, 5) is 2.24. The molecule has 0 aromatic carbocycles. The molecule has 1 aliphatic heterocycles. The van der Waals surface area contributed by atoms with Crippen molar-refractivity contribution in [2.24, 2.45) is 5.73 Å². The zero-order chi connectivity index (χ0) is 10.2. The Morgan fingerprint density at radius 2 is 2.36 bits per heavy atom. The van der Waals surface area contributed by atoms with Gasteiger partial charge in [0.05, 0.1) is 11.9 Å². The predicted octanol–water partition coefficient (Wildman–Crippen LogP) is -0.476. The molecule has 0 bridgehead atoms. The number of hydrogen-bond donors (Lipinski definition) is 2. The quantitative estimate of drug-likeness (QED) is 0.684. The summed E-state index contributed by atoms with van der Waals surface area (Å²) >= 11 is 0. The van der Waals surface area contributed by atoms with Gasteiger partial charge in [0.2, 0.25) is 0 Å². The minimum atomic E-state index is 0.0177. The number of aromatic nitrogens is 2. The van der Waals surface area contributed by atoms with E-state index < -0.39 is 0 Å². The monoisotopic (exact) mass is 195 g/mol. The van der Waals surface area contributed by atoms with Gasteiger partial charge < -0.3 is 16.0 Å². The number of nitrogens with two attached hydrogens (primary N) is 1. The van der Waals surface area contributed by atoms with Gasteiger partial charge in [0.25, 0.3) is 0 Å². The van der Waals surface area contributed by atoms with Gasteiger partial charge in [-0.15, -0.1) is 0 Å². The molecule has 1 aliphatic rings. The predicted molar refractivity (Wildman–Crippen MR) is 56.3 cm³/mol. The van der Waals surface area contributed by atoms with E-state index in [1.807, 2.05) is 24.1 Å². The standard InChI is InChI=1S/C9H17N5/c1-11-8-3-12-14(4-8)9(5-10)6-13(2)7-9/h3-4,11H,5-7,10H2,1-2H3. The average molecular weight is 195 g/mol. The Labute approximate surface area is 83.9 Å². The molecular formula is C9H17N5. The van der Waals surface area contributed by atoms with Crippen LogP contribution in [0.25, 0.3) is 0 Å². The van der Waals surface area contributed by atoms with Crippen molar-refractivity contribution in [2.45, 2.75) is 5.54 Å². The zero-order valence-corrected chi connectivity index (χ0v) is 8.70. The topological polar surface area (TPSA) is 59.1 Å². The maximum absolute atomic E-state index is 5.81. The third-order valence-corrected chi connectivity index (χ3v) is 2.87. The fourth-order valence-electron chi connectivity index (χ4n) is 2.04. The lowest BCUT2D eigenvalue weighted by Gasteiger charge is -2.47. The van der Waals surface area contributed by atoms with Crippen molar-refractivity contribution in [1.82, 2.24) is 14.7 Å². The molecule has 5 nitrogen and oxygen atoms in total. The smallest absolute Gasteiger partial charge is 0.100 e. The second-order valence-corrected chi connectivity index (χ2v) is 4.02. The van der Waals surface area contributed by atoms with E-state index in [4.69, 9.17) is 5.73 Å². The lowest BCUT2D eigenvalue weighted by Crippen LogP contribution is -2.64. The number of rotatable bonds is 3. The van der Waals surface area contributed by atoms with Crippen molar-refractivity contribution in [3.63, 3.8) is 0 Å². The van der Waals surface area contributed by atoms with Crippen molar-refractivity contribution in [1.29, 1.82) is 0 Å². The van der Waals surface area contributed by atoms with E-state index in [1.54, 1.807) is 0 Å². The van der Waals surface area contributed by atoms with Gasteiger partial charge in [-0.1, -0.05) is 0 Å². The molecular weight excluding hydrogens is 178 g/mol. The van der Waals surface area contributed by atoms with Crippen LogP contribution in [0.1, 0.15) is 0 Å². The maximum atomic E-state index is 5.81. The summed E-state index contributed by atoms with van der Waals surface area (Å²) in [5.41, 5.74) is 6.86. The van der Waals surface area contributed by atoms with Crippen LogP contribution < -0.4 is 11.1 Å². The highest BCUT2D eigenvalue weighted by molar-refractivity contribution is 5.37. The molecule has 1 fully saturated rings. The first-order valence-corrected chi connectivity index (χ1v) is 4.82. The summed E-state index contributed by atoms with van der Waals surface area (Å²) in [6, 6.07) is 0. The van der Waals surface area contributed by atoms with Gasteiger partial charge >= 0.3 is 0 Å². The van der Waals surface area contributed by atoms with Crippen LogP contribution in [0.15, 0.2) is 12.4 Å². The number of anilines is 1. The van der Waals surface area contributed by atoms with Crippen LogP contribution in [0.5, 0.6) is 0 Å². The average Bonchev–Trinajstić information content (AvgIpc) is 2.61. The van der Waals surface area contributed by atoms with E-state index in [1.165, 1.54) is 0 Å². The summed E-state index contributed by atoms with van der Waals surface area (Å²) in [5, 5.41) is 7.40. The fraction of sp³-hybridized carbons (Fsp3) is 0.667. The molecule has 2 heterocycles. The summed E-state index contributed by atoms with van der Waals surface area (Å²) in [7, 11) is 3.99. The van der Waals surface area contributed by atoms with Crippen molar-refractivity contribution in [3.8, 4) is 0 Å². The molecule has 5 heteroatoms. The Morgan fingerprint density at radius 3 is 2.79 bits per heavy atom. The minimum Gasteiger partial charge on any atom is -0.386 e. The molecule has 1 saturated heterocycles. The van der Waals surface area contributed by atoms with Crippen molar-refractivity contribution >= 4 is 5.69 Å². The van der Waals surface area contributed by atoms with Crippen LogP contribution in [0, 0.1) is 0 Å². The first kappa shape index (κ1) is 9.48. The summed E-state index contributed by atoms with van der Waals surface area (Å²) in [5.74, 6) is 0. The molecule has 14 heavy (non-hydrogen) atoms. The number of likely N-dealkylation sites (N-methyl/N-ethyl adjacent to an activating group) is 1. The molecule has 3 N–H and O–H groups in total. The first-order valence-electron chi connectivity index (χ1n) is 4.82. The van der Waals surface area contributed by atoms with Gasteiger partial charge in [-0.25, -0.2) is 0 Å². The SMILES string of the molecule is CNc1cnn(C2(CN)CN(C)C2)c1. The van der Waals surface area contributed by atoms with Crippen LogP contribution in [0.4, 0.5) is 5.69 Å². The van der Waals surface area contributed by atoms with Crippen LogP contribution in [0.3, 0.4) is 0 Å². The molecule has 1 aromatic heterocycles. The molecule has 0 aliphatic carbocycles. The lowest BCUT2D eigenvalue weighted by atomic mass is 9.91. The van der Waals surface area contributed by atoms with E-state index in [9.17, 15) is 0 Å². The molecule has 1 aromatic rings. The molecule has 0 saturated carbocycles. The molecule has 0 radical (unpaired) electrons. The Kier molecular flexibility index (Phi) is 2.20. The Hall–Kier alpha value is -1.07. The second kappa shape index (κ2) is 3.25. The Bertz CT molecular complexity index is 313. The number of nitrogens with one attached hydrogen (secondary N) is 1. The maximum Gasteiger partial charge on any atom is 0.100 e. The van der Waals surface area contributed by atoms with E-state index in [0.717, 1.165) is 18.8 Å². The van der Waals surface area contributed by atoms with Crippen molar-refractivity contribution < 1.29 is 0 Å². The molecule has 2 rings (SSSR count). The number of hydrogen-bond acceptors (Lipinski definition) is 4.